The lowest BCUT2D eigenvalue weighted by molar-refractivity contribution is -0.105. The number of nitrogens with zero attached hydrogens (tertiary/aromatic N) is 1. The molecule has 0 spiro atoms. The van der Waals surface area contributed by atoms with Crippen LogP contribution in [0.2, 0.25) is 0 Å². The Hall–Kier alpha value is -2.80. The van der Waals surface area contributed by atoms with Crippen molar-refractivity contribution in [1.29, 1.82) is 0 Å². The third-order valence-corrected chi connectivity index (χ3v) is 12.6. The monoisotopic (exact) mass is 750 g/mol. The van der Waals surface area contributed by atoms with Gasteiger partial charge < -0.3 is 23.3 Å². The molecule has 6 heteroatoms. The second-order valence-electron chi connectivity index (χ2n) is 19.8. The Bertz CT molecular complexity index is 1820. The van der Waals surface area contributed by atoms with Crippen LogP contribution >= 0.6 is 0 Å². The molecule has 55 heavy (non-hydrogen) atoms. The molecular formula is C49H72BNO4. The summed E-state index contributed by atoms with van der Waals surface area (Å²) >= 11 is 0. The molecule has 3 heterocycles. The van der Waals surface area contributed by atoms with Gasteiger partial charge in [-0.1, -0.05) is 124 Å². The lowest BCUT2D eigenvalue weighted by Crippen LogP contribution is -2.41. The molecule has 6 rings (SSSR count). The van der Waals surface area contributed by atoms with Crippen LogP contribution in [0.1, 0.15) is 176 Å². The minimum Gasteiger partial charge on any atom is -0.463 e. The van der Waals surface area contributed by atoms with Crippen LogP contribution in [0.5, 0.6) is 5.75 Å². The molecule has 5 nitrogen and oxygen atoms in total. The molecule has 0 saturated carbocycles. The highest BCUT2D eigenvalue weighted by Gasteiger charge is 2.53. The Balaban J connectivity index is 1.49. The van der Waals surface area contributed by atoms with E-state index in [4.69, 9.17) is 18.8 Å². The van der Waals surface area contributed by atoms with Gasteiger partial charge in [0.1, 0.15) is 5.75 Å². The first-order valence-electron chi connectivity index (χ1n) is 21.9. The Kier molecular flexibility index (Phi) is 12.9. The molecule has 2 saturated heterocycles. The third kappa shape index (κ3) is 9.51. The van der Waals surface area contributed by atoms with Crippen LogP contribution in [0.4, 0.5) is 0 Å². The van der Waals surface area contributed by atoms with Gasteiger partial charge in [0, 0.05) is 22.7 Å². The summed E-state index contributed by atoms with van der Waals surface area (Å²) in [6.45, 7) is 25.4. The van der Waals surface area contributed by atoms with Crippen molar-refractivity contribution in [3.05, 3.63) is 65.2 Å². The van der Waals surface area contributed by atoms with E-state index < -0.39 is 18.3 Å². The smallest absolute Gasteiger partial charge is 0.463 e. The maximum absolute atomic E-state index is 7.10. The number of unbranched alkanes of at least 4 members (excludes halogenated alkanes) is 9. The van der Waals surface area contributed by atoms with Crippen molar-refractivity contribution in [2.45, 2.75) is 194 Å². The maximum Gasteiger partial charge on any atom is 0.498 e. The van der Waals surface area contributed by atoms with Gasteiger partial charge in [-0.05, 0) is 111 Å². The first-order valence-corrected chi connectivity index (χ1v) is 21.9. The summed E-state index contributed by atoms with van der Waals surface area (Å²) in [5, 5.41) is 2.54. The highest BCUT2D eigenvalue weighted by atomic mass is 16.7. The fourth-order valence-corrected chi connectivity index (χ4v) is 8.25. The first-order chi connectivity index (χ1) is 26.0. The summed E-state index contributed by atoms with van der Waals surface area (Å²) in [6.07, 6.45) is 16.9. The van der Waals surface area contributed by atoms with E-state index in [0.29, 0.717) is 6.61 Å². The van der Waals surface area contributed by atoms with Gasteiger partial charge in [-0.3, -0.25) is 0 Å². The van der Waals surface area contributed by atoms with Crippen molar-refractivity contribution in [1.82, 2.24) is 4.57 Å². The van der Waals surface area contributed by atoms with E-state index in [1.54, 1.807) is 0 Å². The Morgan fingerprint density at radius 1 is 0.691 bits per heavy atom. The van der Waals surface area contributed by atoms with Gasteiger partial charge in [-0.25, -0.2) is 0 Å². The Morgan fingerprint density at radius 2 is 1.22 bits per heavy atom. The van der Waals surface area contributed by atoms with Crippen molar-refractivity contribution in [2.75, 3.05) is 6.61 Å². The number of hydrogen-bond acceptors (Lipinski definition) is 4. The molecular weight excluding hydrogens is 677 g/mol. The molecule has 0 bridgehead atoms. The molecule has 0 radical (unpaired) electrons. The molecule has 1 unspecified atom stereocenters. The molecule has 0 amide bonds. The molecule has 2 aliphatic rings. The average Bonchev–Trinajstić information content (AvgIpc) is 3.56. The van der Waals surface area contributed by atoms with Gasteiger partial charge in [0.05, 0.1) is 34.5 Å². The van der Waals surface area contributed by atoms with E-state index >= 15 is 0 Å². The predicted molar refractivity (Wildman–Crippen MR) is 234 cm³/mol. The topological polar surface area (TPSA) is 41.9 Å². The van der Waals surface area contributed by atoms with E-state index in [1.165, 1.54) is 96.3 Å². The van der Waals surface area contributed by atoms with Crippen LogP contribution in [0.15, 0.2) is 48.5 Å². The van der Waals surface area contributed by atoms with Crippen molar-refractivity contribution in [2.24, 2.45) is 0 Å². The van der Waals surface area contributed by atoms with Crippen LogP contribution in [0.25, 0.3) is 27.5 Å². The Morgan fingerprint density at radius 3 is 1.71 bits per heavy atom. The van der Waals surface area contributed by atoms with E-state index in [0.717, 1.165) is 49.0 Å². The SMILES string of the molecule is CCCCCCCCCCCCc1cc(B2OC(C)(C)C(C)(C)O2)c(OC2CCCCO2)c(-n2c3ccc(C(C)(C)C)cc3c3cc(C(C)(C)C)ccc32)c1. The Labute approximate surface area is 334 Å². The molecule has 0 aliphatic carbocycles. The summed E-state index contributed by atoms with van der Waals surface area (Å²) in [5.41, 5.74) is 7.40. The maximum atomic E-state index is 7.10. The van der Waals surface area contributed by atoms with Gasteiger partial charge in [0.15, 0.2) is 6.29 Å². The van der Waals surface area contributed by atoms with Gasteiger partial charge >= 0.3 is 7.12 Å². The summed E-state index contributed by atoms with van der Waals surface area (Å²) in [4.78, 5) is 0. The largest absolute Gasteiger partial charge is 0.498 e. The summed E-state index contributed by atoms with van der Waals surface area (Å²) in [6, 6.07) is 18.9. The van der Waals surface area contributed by atoms with Gasteiger partial charge in [0.2, 0.25) is 0 Å². The third-order valence-electron chi connectivity index (χ3n) is 12.6. The average molecular weight is 750 g/mol. The van der Waals surface area contributed by atoms with Crippen molar-refractivity contribution < 1.29 is 18.8 Å². The molecule has 300 valence electrons. The van der Waals surface area contributed by atoms with E-state index in [1.807, 2.05) is 0 Å². The normalized spacial score (nSPS) is 18.8. The standard InChI is InChI=1S/C49H72BNO4/c1-12-13-14-15-16-17-18-19-20-21-24-35-31-40(50-54-48(8,9)49(10,11)55-50)45(53-44-25-22-23-30-52-44)43(32-35)51-41-28-26-36(46(2,3)4)33-38(41)39-34-37(47(5,6)7)27-29-42(39)51/h26-29,31-34,44H,12-25,30H2,1-11H3. The number of fused-ring (bicyclic) bond motifs is 3. The minimum absolute atomic E-state index is 0.0236. The lowest BCUT2D eigenvalue weighted by atomic mass is 9.76. The quantitative estimate of drug-likeness (QED) is 0.0896. The molecule has 0 N–H and O–H groups in total. The summed E-state index contributed by atoms with van der Waals surface area (Å²) in [7, 11) is -0.567. The van der Waals surface area contributed by atoms with Crippen molar-refractivity contribution in [3.8, 4) is 11.4 Å². The molecule has 2 aliphatic heterocycles. The van der Waals surface area contributed by atoms with Crippen LogP contribution in [0, 0.1) is 0 Å². The number of benzene rings is 3. The van der Waals surface area contributed by atoms with E-state index in [2.05, 4.69) is 129 Å². The molecule has 1 atom stereocenters. The van der Waals surface area contributed by atoms with Crippen LogP contribution in [0.3, 0.4) is 0 Å². The van der Waals surface area contributed by atoms with Crippen molar-refractivity contribution in [3.63, 3.8) is 0 Å². The second kappa shape index (κ2) is 17.0. The van der Waals surface area contributed by atoms with E-state index in [-0.39, 0.29) is 17.1 Å². The van der Waals surface area contributed by atoms with Crippen molar-refractivity contribution >= 4 is 34.4 Å². The number of rotatable bonds is 15. The van der Waals surface area contributed by atoms with Gasteiger partial charge in [-0.15, -0.1) is 0 Å². The first kappa shape index (κ1) is 41.8. The summed E-state index contributed by atoms with van der Waals surface area (Å²) in [5.74, 6) is 0.802. The number of aryl methyl sites for hydroxylation is 1. The zero-order valence-corrected chi connectivity index (χ0v) is 36.5. The van der Waals surface area contributed by atoms with Gasteiger partial charge in [0.25, 0.3) is 0 Å². The molecule has 4 aromatic rings. The highest BCUT2D eigenvalue weighted by Crippen LogP contribution is 2.42. The predicted octanol–water partition coefficient (Wildman–Crippen LogP) is 13.0. The fraction of sp³-hybridized carbons (Fsp3) is 0.633. The van der Waals surface area contributed by atoms with Crippen LogP contribution in [-0.4, -0.2) is 35.8 Å². The minimum atomic E-state index is -0.567. The number of ether oxygens (including phenoxy) is 2. The molecule has 1 aromatic heterocycles. The molecule has 2 fully saturated rings. The fourth-order valence-electron chi connectivity index (χ4n) is 8.25. The van der Waals surface area contributed by atoms with Gasteiger partial charge in [-0.2, -0.15) is 0 Å². The highest BCUT2D eigenvalue weighted by molar-refractivity contribution is 6.63. The zero-order valence-electron chi connectivity index (χ0n) is 36.5. The van der Waals surface area contributed by atoms with E-state index in [9.17, 15) is 0 Å². The zero-order chi connectivity index (χ0) is 39.6. The number of aromatic nitrogens is 1. The number of hydrogen-bond donors (Lipinski definition) is 0. The lowest BCUT2D eigenvalue weighted by Gasteiger charge is -2.32. The van der Waals surface area contributed by atoms with Crippen LogP contribution in [-0.2, 0) is 31.3 Å². The summed E-state index contributed by atoms with van der Waals surface area (Å²) < 4.78 is 29.5. The molecule has 3 aromatic carbocycles. The van der Waals surface area contributed by atoms with Crippen LogP contribution < -0.4 is 10.2 Å². The second-order valence-corrected chi connectivity index (χ2v) is 19.8.